The average Bonchev–Trinajstić information content (AvgIpc) is 2.78. The van der Waals surface area contributed by atoms with E-state index in [1.165, 1.54) is 15.9 Å². The summed E-state index contributed by atoms with van der Waals surface area (Å²) in [6.45, 7) is 3.63. The van der Waals surface area contributed by atoms with Gasteiger partial charge in [-0.2, -0.15) is 0 Å². The van der Waals surface area contributed by atoms with Gasteiger partial charge in [-0.3, -0.25) is 0 Å². The summed E-state index contributed by atoms with van der Waals surface area (Å²) in [6.07, 6.45) is 3.42. The van der Waals surface area contributed by atoms with Crippen LogP contribution in [0.1, 0.15) is 33.1 Å². The standard InChI is InChI=1S/C26H30BrO2P/c1-26(2,25(28)29)20-12-13-21-30(27,22-14-6-3-7-15-22,23-16-8-4-9-17-23)24-18-10-5-11-19-24/h3-11,14-19H,12-13,20-21H2,1-2H3,(H,28,29). The molecule has 3 rings (SSSR count). The van der Waals surface area contributed by atoms with Gasteiger partial charge in [0.25, 0.3) is 0 Å². The summed E-state index contributed by atoms with van der Waals surface area (Å²) >= 11 is 4.44. The molecule has 0 bridgehead atoms. The first-order chi connectivity index (χ1) is 14.3. The predicted molar refractivity (Wildman–Crippen MR) is 134 cm³/mol. The molecule has 0 amide bonds. The summed E-state index contributed by atoms with van der Waals surface area (Å²) in [5, 5.41) is 10.5. The van der Waals surface area contributed by atoms with E-state index < -0.39 is 16.7 Å². The number of carbonyl (C=O) groups is 1. The number of hydrogen-bond donors (Lipinski definition) is 1. The number of unbranched alkanes of at least 4 members (excludes halogenated alkanes) is 1. The molecule has 0 aromatic heterocycles. The van der Waals surface area contributed by atoms with Gasteiger partial charge in [-0.1, -0.05) is 0 Å². The first kappa shape index (κ1) is 22.7. The summed E-state index contributed by atoms with van der Waals surface area (Å²) in [7, 11) is 0. The molecule has 0 aliphatic carbocycles. The van der Waals surface area contributed by atoms with Crippen LogP contribution in [-0.2, 0) is 4.79 Å². The van der Waals surface area contributed by atoms with Crippen molar-refractivity contribution in [1.82, 2.24) is 0 Å². The van der Waals surface area contributed by atoms with Crippen LogP contribution in [0.25, 0.3) is 0 Å². The number of aliphatic carboxylic acids is 1. The molecule has 0 unspecified atom stereocenters. The molecule has 30 heavy (non-hydrogen) atoms. The molecule has 158 valence electrons. The zero-order chi connectivity index (χ0) is 21.7. The number of carboxylic acids is 1. The second kappa shape index (κ2) is 9.04. The Morgan fingerprint density at radius 3 is 1.47 bits per heavy atom. The molecular formula is C26H30BrO2P. The Morgan fingerprint density at radius 2 is 1.13 bits per heavy atom. The maximum atomic E-state index is 11.5. The Labute approximate surface area is 188 Å². The Balaban J connectivity index is 2.10. The van der Waals surface area contributed by atoms with E-state index in [0.29, 0.717) is 6.42 Å². The third-order valence-corrected chi connectivity index (χ3v) is 16.1. The molecule has 2 nitrogen and oxygen atoms in total. The number of halogens is 1. The van der Waals surface area contributed by atoms with Crippen LogP contribution >= 0.6 is 20.8 Å². The van der Waals surface area contributed by atoms with Gasteiger partial charge >= 0.3 is 188 Å². The van der Waals surface area contributed by atoms with E-state index in [1.54, 1.807) is 0 Å². The average molecular weight is 485 g/mol. The van der Waals surface area contributed by atoms with Crippen molar-refractivity contribution in [3.8, 4) is 0 Å². The normalized spacial score (nSPS) is 13.4. The van der Waals surface area contributed by atoms with Gasteiger partial charge in [0.15, 0.2) is 0 Å². The van der Waals surface area contributed by atoms with Gasteiger partial charge in [-0.25, -0.2) is 0 Å². The second-order valence-electron chi connectivity index (χ2n) is 8.56. The zero-order valence-corrected chi connectivity index (χ0v) is 20.1. The Kier molecular flexibility index (Phi) is 6.84. The van der Waals surface area contributed by atoms with E-state index in [-0.39, 0.29) is 0 Å². The summed E-state index contributed by atoms with van der Waals surface area (Å²) in [5.74, 6) is -0.729. The summed E-state index contributed by atoms with van der Waals surface area (Å²) in [5.41, 5.74) is -0.699. The molecule has 0 atom stereocenters. The molecule has 4 heteroatoms. The van der Waals surface area contributed by atoms with Crippen LogP contribution in [0.5, 0.6) is 0 Å². The van der Waals surface area contributed by atoms with E-state index in [1.807, 2.05) is 13.8 Å². The summed E-state index contributed by atoms with van der Waals surface area (Å²) < 4.78 is 0. The Bertz CT molecular complexity index is 872. The molecule has 0 saturated carbocycles. The van der Waals surface area contributed by atoms with Crippen LogP contribution in [-0.4, -0.2) is 17.2 Å². The minimum atomic E-state index is -2.90. The van der Waals surface area contributed by atoms with Crippen molar-refractivity contribution < 1.29 is 9.90 Å². The monoisotopic (exact) mass is 484 g/mol. The van der Waals surface area contributed by atoms with Gasteiger partial charge in [-0.15, -0.1) is 0 Å². The van der Waals surface area contributed by atoms with Gasteiger partial charge < -0.3 is 0 Å². The predicted octanol–water partition coefficient (Wildman–Crippen LogP) is 6.11. The zero-order valence-electron chi connectivity index (χ0n) is 17.7. The van der Waals surface area contributed by atoms with E-state index in [0.717, 1.165) is 19.0 Å². The molecule has 0 aliphatic heterocycles. The van der Waals surface area contributed by atoms with Crippen LogP contribution in [0.4, 0.5) is 0 Å². The third-order valence-electron chi connectivity index (χ3n) is 6.09. The van der Waals surface area contributed by atoms with Crippen molar-refractivity contribution in [2.45, 2.75) is 33.1 Å². The van der Waals surface area contributed by atoms with Crippen molar-refractivity contribution in [2.75, 3.05) is 6.16 Å². The van der Waals surface area contributed by atoms with Gasteiger partial charge in [0.1, 0.15) is 0 Å². The molecule has 0 saturated heterocycles. The van der Waals surface area contributed by atoms with Gasteiger partial charge in [0.2, 0.25) is 0 Å². The first-order valence-electron chi connectivity index (χ1n) is 10.4. The van der Waals surface area contributed by atoms with Crippen molar-refractivity contribution in [3.63, 3.8) is 0 Å². The summed E-state index contributed by atoms with van der Waals surface area (Å²) in [4.78, 5) is 11.5. The SMILES string of the molecule is CC(C)(CCCCP(Br)(c1ccccc1)(c1ccccc1)c1ccccc1)C(=O)O. The molecule has 1 N–H and O–H groups in total. The van der Waals surface area contributed by atoms with Crippen LogP contribution in [0, 0.1) is 5.41 Å². The molecule has 3 aromatic carbocycles. The molecule has 0 aliphatic rings. The van der Waals surface area contributed by atoms with Crippen LogP contribution in [0.2, 0.25) is 0 Å². The number of hydrogen-bond acceptors (Lipinski definition) is 1. The quantitative estimate of drug-likeness (QED) is 0.294. The molecule has 0 spiro atoms. The van der Waals surface area contributed by atoms with Gasteiger partial charge in [0.05, 0.1) is 0 Å². The second-order valence-corrected chi connectivity index (χ2v) is 17.6. The Hall–Kier alpha value is -1.96. The number of carboxylic acid groups (broad SMARTS) is 1. The molecule has 3 aromatic rings. The van der Waals surface area contributed by atoms with Gasteiger partial charge in [0, 0.05) is 0 Å². The minimum absolute atomic E-state index is 0.667. The molecule has 0 radical (unpaired) electrons. The third kappa shape index (κ3) is 4.24. The van der Waals surface area contributed by atoms with Crippen molar-refractivity contribution in [1.29, 1.82) is 0 Å². The van der Waals surface area contributed by atoms with E-state index >= 15 is 0 Å². The fourth-order valence-electron chi connectivity index (χ4n) is 4.13. The van der Waals surface area contributed by atoms with Gasteiger partial charge in [-0.05, 0) is 0 Å². The fraction of sp³-hybridized carbons (Fsp3) is 0.269. The van der Waals surface area contributed by atoms with Crippen molar-refractivity contribution >= 4 is 42.7 Å². The van der Waals surface area contributed by atoms with Crippen LogP contribution < -0.4 is 15.9 Å². The van der Waals surface area contributed by atoms with E-state index in [4.69, 9.17) is 0 Å². The molecular weight excluding hydrogens is 455 g/mol. The van der Waals surface area contributed by atoms with E-state index in [9.17, 15) is 9.90 Å². The molecule has 0 fully saturated rings. The first-order valence-corrected chi connectivity index (χ1v) is 14.9. The fourth-order valence-corrected chi connectivity index (χ4v) is 11.9. The van der Waals surface area contributed by atoms with Crippen LogP contribution in [0.3, 0.4) is 0 Å². The number of rotatable bonds is 9. The molecule has 0 heterocycles. The van der Waals surface area contributed by atoms with E-state index in [2.05, 4.69) is 106 Å². The number of benzene rings is 3. The van der Waals surface area contributed by atoms with Crippen LogP contribution in [0.15, 0.2) is 91.0 Å². The van der Waals surface area contributed by atoms with Crippen molar-refractivity contribution in [3.05, 3.63) is 91.0 Å². The Morgan fingerprint density at radius 1 is 0.767 bits per heavy atom. The summed E-state index contributed by atoms with van der Waals surface area (Å²) in [6, 6.07) is 32.2. The topological polar surface area (TPSA) is 37.3 Å². The maximum absolute atomic E-state index is 11.5. The van der Waals surface area contributed by atoms with Crippen molar-refractivity contribution in [2.24, 2.45) is 5.41 Å².